The maximum atomic E-state index is 12.6. The number of benzene rings is 3. The molecule has 204 valence electrons. The van der Waals surface area contributed by atoms with Gasteiger partial charge in [-0.3, -0.25) is 9.59 Å². The Balaban J connectivity index is 0.000000395. The molecule has 7 nitrogen and oxygen atoms in total. The molecule has 0 bridgehead atoms. The standard InChI is InChI=1S/C21H20Cl2N4O3.C7H6Cl2/c22-19(23)21(29)27(16-8-4-7-15(13-16)17-9-10-26-30-17)12-11-25-20(28)18(24)14-5-2-1-3-6-14;1-5-6(8)3-2-4-7(5)9/h1-10,13,18-19H,11-12,24H2,(H,25,28);2-4H,1H3/t18-;/m0./s1. The Hall–Kier alpha value is -3.07. The molecule has 4 aromatic rings. The lowest BCUT2D eigenvalue weighted by atomic mass is 10.1. The van der Waals surface area contributed by atoms with Gasteiger partial charge in [0.15, 0.2) is 10.6 Å². The van der Waals surface area contributed by atoms with Crippen LogP contribution in [0.15, 0.2) is 89.6 Å². The highest BCUT2D eigenvalue weighted by atomic mass is 35.5. The zero-order valence-electron chi connectivity index (χ0n) is 20.9. The molecule has 0 aliphatic rings. The number of nitrogens with one attached hydrogen (secondary N) is 1. The van der Waals surface area contributed by atoms with Crippen molar-refractivity contribution in [3.05, 3.63) is 106 Å². The molecule has 39 heavy (non-hydrogen) atoms. The second-order valence-electron chi connectivity index (χ2n) is 8.24. The zero-order valence-corrected chi connectivity index (χ0v) is 23.9. The van der Waals surface area contributed by atoms with E-state index in [4.69, 9.17) is 56.7 Å². The van der Waals surface area contributed by atoms with Gasteiger partial charge in [-0.25, -0.2) is 0 Å². The van der Waals surface area contributed by atoms with Crippen LogP contribution >= 0.6 is 46.4 Å². The summed E-state index contributed by atoms with van der Waals surface area (Å²) in [5, 5.41) is 7.88. The van der Waals surface area contributed by atoms with Crippen LogP contribution in [0.2, 0.25) is 10.0 Å². The summed E-state index contributed by atoms with van der Waals surface area (Å²) in [5.41, 5.74) is 8.93. The number of amides is 2. The van der Waals surface area contributed by atoms with Gasteiger partial charge in [-0.05, 0) is 42.3 Å². The van der Waals surface area contributed by atoms with Gasteiger partial charge in [-0.2, -0.15) is 0 Å². The molecular formula is C28H26Cl4N4O3. The van der Waals surface area contributed by atoms with Crippen molar-refractivity contribution < 1.29 is 14.1 Å². The monoisotopic (exact) mass is 606 g/mol. The minimum absolute atomic E-state index is 0.155. The fourth-order valence-electron chi connectivity index (χ4n) is 3.47. The first-order chi connectivity index (χ1) is 18.7. The van der Waals surface area contributed by atoms with Crippen LogP contribution in [0.5, 0.6) is 0 Å². The molecule has 3 aromatic carbocycles. The highest BCUT2D eigenvalue weighted by Crippen LogP contribution is 2.26. The van der Waals surface area contributed by atoms with Crippen molar-refractivity contribution in [2.45, 2.75) is 17.8 Å². The van der Waals surface area contributed by atoms with Crippen LogP contribution in [-0.4, -0.2) is 34.9 Å². The number of carbonyl (C=O) groups is 2. The van der Waals surface area contributed by atoms with Crippen molar-refractivity contribution in [3.63, 3.8) is 0 Å². The van der Waals surface area contributed by atoms with Crippen molar-refractivity contribution in [2.24, 2.45) is 5.73 Å². The van der Waals surface area contributed by atoms with Gasteiger partial charge in [-0.15, -0.1) is 0 Å². The summed E-state index contributed by atoms with van der Waals surface area (Å²) in [6.07, 6.45) is 1.53. The van der Waals surface area contributed by atoms with Crippen molar-refractivity contribution in [3.8, 4) is 11.3 Å². The van der Waals surface area contributed by atoms with Gasteiger partial charge in [0.2, 0.25) is 5.91 Å². The smallest absolute Gasteiger partial charge is 0.260 e. The molecule has 1 atom stereocenters. The number of nitrogens with zero attached hydrogens (tertiary/aromatic N) is 2. The SMILES string of the molecule is Cc1c(Cl)cccc1Cl.N[C@H](C(=O)NCCN(C(=O)C(Cl)Cl)c1cccc(-c2ccno2)c1)c1ccccc1. The normalized spacial score (nSPS) is 11.4. The third kappa shape index (κ3) is 8.71. The molecule has 0 aliphatic carbocycles. The lowest BCUT2D eigenvalue weighted by molar-refractivity contribution is -0.122. The molecule has 0 aliphatic heterocycles. The summed E-state index contributed by atoms with van der Waals surface area (Å²) in [7, 11) is 0. The number of hydrogen-bond donors (Lipinski definition) is 2. The first-order valence-corrected chi connectivity index (χ1v) is 13.4. The van der Waals surface area contributed by atoms with E-state index in [9.17, 15) is 9.59 Å². The Bertz CT molecular complexity index is 1350. The molecule has 0 saturated heterocycles. The summed E-state index contributed by atoms with van der Waals surface area (Å²) in [4.78, 5) is 25.1. The van der Waals surface area contributed by atoms with Crippen molar-refractivity contribution in [1.82, 2.24) is 10.5 Å². The summed E-state index contributed by atoms with van der Waals surface area (Å²) < 4.78 is 5.17. The predicted molar refractivity (Wildman–Crippen MR) is 157 cm³/mol. The van der Waals surface area contributed by atoms with Crippen LogP contribution in [0.4, 0.5) is 5.69 Å². The average Bonchev–Trinajstić information content (AvgIpc) is 3.49. The number of hydrogen-bond acceptors (Lipinski definition) is 5. The Labute approximate surface area is 246 Å². The van der Waals surface area contributed by atoms with Gasteiger partial charge in [0, 0.05) is 40.5 Å². The Kier molecular flexibility index (Phi) is 11.7. The fraction of sp³-hybridized carbons (Fsp3) is 0.179. The molecule has 0 radical (unpaired) electrons. The lowest BCUT2D eigenvalue weighted by Crippen LogP contribution is -2.43. The maximum absolute atomic E-state index is 12.6. The van der Waals surface area contributed by atoms with Gasteiger partial charge >= 0.3 is 0 Å². The molecule has 11 heteroatoms. The number of halogens is 4. The quantitative estimate of drug-likeness (QED) is 0.220. The molecule has 0 unspecified atom stereocenters. The van der Waals surface area contributed by atoms with Crippen molar-refractivity contribution in [2.75, 3.05) is 18.0 Å². The number of rotatable bonds is 8. The van der Waals surface area contributed by atoms with E-state index >= 15 is 0 Å². The number of carbonyl (C=O) groups excluding carboxylic acids is 2. The number of anilines is 1. The molecule has 1 heterocycles. The van der Waals surface area contributed by atoms with E-state index < -0.39 is 16.8 Å². The Morgan fingerprint density at radius 3 is 2.23 bits per heavy atom. The number of alkyl halides is 2. The van der Waals surface area contributed by atoms with Crippen LogP contribution in [0, 0.1) is 6.92 Å². The van der Waals surface area contributed by atoms with Crippen LogP contribution < -0.4 is 16.0 Å². The first-order valence-electron chi connectivity index (χ1n) is 11.8. The van der Waals surface area contributed by atoms with E-state index in [-0.39, 0.29) is 19.0 Å². The molecule has 0 spiro atoms. The second kappa shape index (κ2) is 14.9. The van der Waals surface area contributed by atoms with E-state index in [0.29, 0.717) is 17.0 Å². The van der Waals surface area contributed by atoms with Crippen LogP contribution in [0.3, 0.4) is 0 Å². The molecule has 0 fully saturated rings. The molecule has 0 saturated carbocycles. The van der Waals surface area contributed by atoms with E-state index in [1.54, 1.807) is 36.4 Å². The molecular weight excluding hydrogens is 582 g/mol. The Morgan fingerprint density at radius 2 is 1.64 bits per heavy atom. The van der Waals surface area contributed by atoms with Gasteiger partial charge in [-0.1, -0.05) is 100 Å². The van der Waals surface area contributed by atoms with Gasteiger partial charge in [0.1, 0.15) is 6.04 Å². The third-order valence-electron chi connectivity index (χ3n) is 5.61. The molecule has 4 rings (SSSR count). The summed E-state index contributed by atoms with van der Waals surface area (Å²) in [6.45, 7) is 2.21. The van der Waals surface area contributed by atoms with Gasteiger partial charge < -0.3 is 20.5 Å². The van der Waals surface area contributed by atoms with Crippen molar-refractivity contribution >= 4 is 63.9 Å². The zero-order chi connectivity index (χ0) is 28.4. The topological polar surface area (TPSA) is 101 Å². The third-order valence-corrected chi connectivity index (χ3v) is 6.80. The Morgan fingerprint density at radius 1 is 0.974 bits per heavy atom. The highest BCUT2D eigenvalue weighted by molar-refractivity contribution is 6.54. The van der Waals surface area contributed by atoms with Crippen LogP contribution in [0.1, 0.15) is 17.2 Å². The summed E-state index contributed by atoms with van der Waals surface area (Å²) in [5.74, 6) is -0.299. The van der Waals surface area contributed by atoms with E-state index in [1.807, 2.05) is 49.4 Å². The van der Waals surface area contributed by atoms with E-state index in [2.05, 4.69) is 10.5 Å². The largest absolute Gasteiger partial charge is 0.356 e. The number of nitrogens with two attached hydrogens (primary N) is 1. The first kappa shape index (κ1) is 30.5. The lowest BCUT2D eigenvalue weighted by Gasteiger charge is -2.24. The maximum Gasteiger partial charge on any atom is 0.260 e. The molecule has 3 N–H and O–H groups in total. The minimum Gasteiger partial charge on any atom is -0.356 e. The second-order valence-corrected chi connectivity index (χ2v) is 10.2. The van der Waals surface area contributed by atoms with Gasteiger partial charge in [0.25, 0.3) is 5.91 Å². The predicted octanol–water partition coefficient (Wildman–Crippen LogP) is 6.60. The van der Waals surface area contributed by atoms with Crippen LogP contribution in [0.25, 0.3) is 11.3 Å². The van der Waals surface area contributed by atoms with Crippen molar-refractivity contribution in [1.29, 1.82) is 0 Å². The number of aromatic nitrogens is 1. The van der Waals surface area contributed by atoms with Gasteiger partial charge in [0.05, 0.1) is 6.20 Å². The van der Waals surface area contributed by atoms with E-state index in [0.717, 1.165) is 21.2 Å². The summed E-state index contributed by atoms with van der Waals surface area (Å²) >= 11 is 23.1. The fourth-order valence-corrected chi connectivity index (χ4v) is 4.10. The molecule has 1 aromatic heterocycles. The van der Waals surface area contributed by atoms with E-state index in [1.165, 1.54) is 11.1 Å². The molecule has 2 amide bonds. The van der Waals surface area contributed by atoms with Crippen LogP contribution in [-0.2, 0) is 9.59 Å². The highest BCUT2D eigenvalue weighted by Gasteiger charge is 2.23. The minimum atomic E-state index is -1.25. The summed E-state index contributed by atoms with van der Waals surface area (Å²) in [6, 6.07) is 22.5. The average molecular weight is 608 g/mol.